The van der Waals surface area contributed by atoms with E-state index in [2.05, 4.69) is 4.98 Å². The molecule has 0 spiro atoms. The lowest BCUT2D eigenvalue weighted by Gasteiger charge is -2.35. The minimum atomic E-state index is -0.560. The van der Waals surface area contributed by atoms with Crippen LogP contribution in [0.1, 0.15) is 12.0 Å². The van der Waals surface area contributed by atoms with Gasteiger partial charge >= 0.3 is 0 Å². The van der Waals surface area contributed by atoms with Gasteiger partial charge in [-0.05, 0) is 42.0 Å². The molecule has 7 heteroatoms. The molecule has 1 aromatic heterocycles. The first-order valence-electron chi connectivity index (χ1n) is 8.61. The van der Waals surface area contributed by atoms with Gasteiger partial charge in [0.05, 0.1) is 12.4 Å². The maximum atomic E-state index is 13.5. The Morgan fingerprint density at radius 2 is 1.96 bits per heavy atom. The Hall–Kier alpha value is -1.86. The number of rotatable bonds is 5. The second-order valence-electron chi connectivity index (χ2n) is 6.49. The van der Waals surface area contributed by atoms with Crippen LogP contribution in [0.15, 0.2) is 72.1 Å². The average molecular weight is 404 g/mol. The first kappa shape index (κ1) is 18.5. The van der Waals surface area contributed by atoms with E-state index in [0.717, 1.165) is 27.7 Å². The van der Waals surface area contributed by atoms with Gasteiger partial charge in [0.15, 0.2) is 0 Å². The van der Waals surface area contributed by atoms with Gasteiger partial charge in [-0.3, -0.25) is 4.84 Å². The summed E-state index contributed by atoms with van der Waals surface area (Å²) in [5, 5.41) is 2.58. The van der Waals surface area contributed by atoms with E-state index in [1.165, 1.54) is 12.1 Å². The Balaban J connectivity index is 1.58. The molecular formula is C20H19ClFN3OS. The number of hydrogen-bond acceptors (Lipinski definition) is 4. The van der Waals surface area contributed by atoms with Crippen LogP contribution in [0.2, 0.25) is 5.02 Å². The van der Waals surface area contributed by atoms with Gasteiger partial charge in [-0.25, -0.2) is 9.37 Å². The zero-order chi connectivity index (χ0) is 18.9. The van der Waals surface area contributed by atoms with Gasteiger partial charge < -0.3 is 4.57 Å². The fraction of sp³-hybridized carbons (Fsp3) is 0.250. The topological polar surface area (TPSA) is 30.3 Å². The van der Waals surface area contributed by atoms with E-state index in [9.17, 15) is 4.39 Å². The number of halogens is 2. The van der Waals surface area contributed by atoms with Crippen LogP contribution in [0.25, 0.3) is 0 Å². The lowest BCUT2D eigenvalue weighted by atomic mass is 9.94. The molecule has 2 heterocycles. The summed E-state index contributed by atoms with van der Waals surface area (Å²) in [4.78, 5) is 11.5. The molecular weight excluding hydrogens is 385 g/mol. The molecule has 2 aromatic carbocycles. The van der Waals surface area contributed by atoms with E-state index in [-0.39, 0.29) is 11.9 Å². The smallest absolute Gasteiger partial charge is 0.149 e. The fourth-order valence-corrected chi connectivity index (χ4v) is 4.53. The third-order valence-electron chi connectivity index (χ3n) is 4.83. The van der Waals surface area contributed by atoms with E-state index in [1.54, 1.807) is 24.3 Å². The lowest BCUT2D eigenvalue weighted by molar-refractivity contribution is -0.173. The minimum Gasteiger partial charge on any atom is -0.312 e. The molecule has 0 radical (unpaired) electrons. The number of aromatic nitrogens is 2. The quantitative estimate of drug-likeness (QED) is 0.572. The second kappa shape index (κ2) is 7.64. The summed E-state index contributed by atoms with van der Waals surface area (Å²) in [7, 11) is 1.91. The number of hydroxylamine groups is 2. The maximum absolute atomic E-state index is 13.5. The molecule has 140 valence electrons. The zero-order valence-electron chi connectivity index (χ0n) is 14.8. The molecule has 4 nitrogen and oxygen atoms in total. The summed E-state index contributed by atoms with van der Waals surface area (Å²) in [6.07, 6.45) is 6.17. The molecule has 2 atom stereocenters. The third-order valence-corrected chi connectivity index (χ3v) is 6.22. The van der Waals surface area contributed by atoms with Crippen molar-refractivity contribution in [2.75, 3.05) is 12.8 Å². The molecule has 0 unspecified atom stereocenters. The average Bonchev–Trinajstić information content (AvgIpc) is 3.31. The Morgan fingerprint density at radius 1 is 1.22 bits per heavy atom. The SMILES string of the molecule is CN1O[C@H](CSc2ccc(Cl)cc2)C[C@]1(c1ccc(F)cc1)n1ccnc1. The van der Waals surface area contributed by atoms with Crippen molar-refractivity contribution in [3.8, 4) is 0 Å². The third kappa shape index (κ3) is 3.62. The molecule has 0 N–H and O–H groups in total. The number of hydrogen-bond donors (Lipinski definition) is 0. The largest absolute Gasteiger partial charge is 0.312 e. The molecule has 1 aliphatic heterocycles. The normalized spacial score (nSPS) is 23.0. The Labute approximate surface area is 166 Å². The molecule has 1 aliphatic rings. The second-order valence-corrected chi connectivity index (χ2v) is 8.02. The van der Waals surface area contributed by atoms with E-state index >= 15 is 0 Å². The van der Waals surface area contributed by atoms with Crippen LogP contribution in [0.5, 0.6) is 0 Å². The van der Waals surface area contributed by atoms with Crippen molar-refractivity contribution in [2.45, 2.75) is 23.1 Å². The van der Waals surface area contributed by atoms with Crippen molar-refractivity contribution >= 4 is 23.4 Å². The predicted octanol–water partition coefficient (Wildman–Crippen LogP) is 4.80. The minimum absolute atomic E-state index is 0.00290. The van der Waals surface area contributed by atoms with Gasteiger partial charge in [0.1, 0.15) is 11.5 Å². The van der Waals surface area contributed by atoms with E-state index in [0.29, 0.717) is 0 Å². The first-order valence-corrected chi connectivity index (χ1v) is 9.98. The summed E-state index contributed by atoms with van der Waals surface area (Å²) < 4.78 is 15.5. The highest BCUT2D eigenvalue weighted by molar-refractivity contribution is 7.99. The zero-order valence-corrected chi connectivity index (χ0v) is 16.3. The molecule has 1 saturated heterocycles. The van der Waals surface area contributed by atoms with Crippen LogP contribution < -0.4 is 0 Å². The maximum Gasteiger partial charge on any atom is 0.149 e. The monoisotopic (exact) mass is 403 g/mol. The molecule has 3 aromatic rings. The fourth-order valence-electron chi connectivity index (χ4n) is 3.51. The summed E-state index contributed by atoms with van der Waals surface area (Å²) in [6.45, 7) is 0. The lowest BCUT2D eigenvalue weighted by Crippen LogP contribution is -2.44. The number of thioether (sulfide) groups is 1. The molecule has 0 bridgehead atoms. The Kier molecular flexibility index (Phi) is 5.23. The molecule has 1 fully saturated rings. The van der Waals surface area contributed by atoms with E-state index in [4.69, 9.17) is 16.4 Å². The summed E-state index contributed by atoms with van der Waals surface area (Å²) >= 11 is 7.68. The standard InChI is InChI=1S/C20H19ClFN3OS/c1-24-20(25-11-10-23-14-25,15-2-6-17(22)7-3-15)12-18(26-24)13-27-19-8-4-16(21)5-9-19/h2-11,14,18H,12-13H2,1H3/t18-,20+/m0/s1. The van der Waals surface area contributed by atoms with E-state index in [1.807, 2.05) is 59.3 Å². The van der Waals surface area contributed by atoms with Crippen LogP contribution in [0.3, 0.4) is 0 Å². The van der Waals surface area contributed by atoms with Crippen LogP contribution in [-0.4, -0.2) is 33.5 Å². The Morgan fingerprint density at radius 3 is 2.63 bits per heavy atom. The van der Waals surface area contributed by atoms with Gasteiger partial charge in [0, 0.05) is 41.5 Å². The summed E-state index contributed by atoms with van der Waals surface area (Å²) in [5.74, 6) is 0.541. The summed E-state index contributed by atoms with van der Waals surface area (Å²) in [6, 6.07) is 14.4. The van der Waals surface area contributed by atoms with Crippen LogP contribution in [0, 0.1) is 5.82 Å². The molecule has 0 saturated carbocycles. The highest BCUT2D eigenvalue weighted by Crippen LogP contribution is 2.42. The molecule has 27 heavy (non-hydrogen) atoms. The van der Waals surface area contributed by atoms with Crippen molar-refractivity contribution in [3.63, 3.8) is 0 Å². The first-order chi connectivity index (χ1) is 13.1. The number of nitrogens with zero attached hydrogens (tertiary/aromatic N) is 3. The van der Waals surface area contributed by atoms with Gasteiger partial charge in [-0.15, -0.1) is 11.8 Å². The van der Waals surface area contributed by atoms with E-state index < -0.39 is 5.66 Å². The highest BCUT2D eigenvalue weighted by Gasteiger charge is 2.48. The van der Waals surface area contributed by atoms with Gasteiger partial charge in [-0.1, -0.05) is 23.7 Å². The van der Waals surface area contributed by atoms with Crippen molar-refractivity contribution in [3.05, 3.63) is 83.7 Å². The highest BCUT2D eigenvalue weighted by atomic mass is 35.5. The van der Waals surface area contributed by atoms with Gasteiger partial charge in [0.2, 0.25) is 0 Å². The van der Waals surface area contributed by atoms with Crippen molar-refractivity contribution < 1.29 is 9.23 Å². The molecule has 4 rings (SSSR count). The Bertz CT molecular complexity index is 889. The number of benzene rings is 2. The predicted molar refractivity (Wildman–Crippen MR) is 105 cm³/mol. The molecule has 0 aliphatic carbocycles. The van der Waals surface area contributed by atoms with Gasteiger partial charge in [0.25, 0.3) is 0 Å². The number of imidazole rings is 1. The summed E-state index contributed by atoms with van der Waals surface area (Å²) in [5.41, 5.74) is 0.401. The van der Waals surface area contributed by atoms with Crippen molar-refractivity contribution in [1.82, 2.24) is 14.6 Å². The van der Waals surface area contributed by atoms with Crippen LogP contribution in [0.4, 0.5) is 4.39 Å². The van der Waals surface area contributed by atoms with Crippen LogP contribution in [-0.2, 0) is 10.5 Å². The van der Waals surface area contributed by atoms with Gasteiger partial charge in [-0.2, -0.15) is 5.06 Å². The van der Waals surface area contributed by atoms with Crippen molar-refractivity contribution in [1.29, 1.82) is 0 Å². The van der Waals surface area contributed by atoms with Crippen LogP contribution >= 0.6 is 23.4 Å². The van der Waals surface area contributed by atoms with Crippen molar-refractivity contribution in [2.24, 2.45) is 0 Å². The molecule has 0 amide bonds.